The van der Waals surface area contributed by atoms with Crippen LogP contribution in [0.5, 0.6) is 0 Å². The van der Waals surface area contributed by atoms with E-state index in [4.69, 9.17) is 0 Å². The van der Waals surface area contributed by atoms with Crippen LogP contribution in [0.3, 0.4) is 0 Å². The van der Waals surface area contributed by atoms with Gasteiger partial charge in [-0.05, 0) is 85.8 Å². The molecule has 224 valence electrons. The topological polar surface area (TPSA) is 113 Å². The smallest absolute Gasteiger partial charge is 0.264 e. The fourth-order valence-corrected chi connectivity index (χ4v) is 6.13. The van der Waals surface area contributed by atoms with Crippen molar-refractivity contribution >= 4 is 44.2 Å². The summed E-state index contributed by atoms with van der Waals surface area (Å²) >= 11 is 0. The Hall–Kier alpha value is -4.57. The van der Waals surface area contributed by atoms with Gasteiger partial charge in [-0.2, -0.15) is 0 Å². The first-order chi connectivity index (χ1) is 20.4. The number of fused-ring (bicyclic) bond motifs is 1. The fourth-order valence-electron chi connectivity index (χ4n) is 5.08. The largest absolute Gasteiger partial charge is 0.343 e. The van der Waals surface area contributed by atoms with Gasteiger partial charge in [-0.15, -0.1) is 0 Å². The Kier molecular flexibility index (Phi) is 9.60. The number of nitrogens with zero attached hydrogens (tertiary/aromatic N) is 1. The van der Waals surface area contributed by atoms with E-state index in [-0.39, 0.29) is 16.9 Å². The highest BCUT2D eigenvalue weighted by molar-refractivity contribution is 7.90. The summed E-state index contributed by atoms with van der Waals surface area (Å²) in [4.78, 5) is 41.1. The molecular weight excluding hydrogens is 569 g/mol. The maximum absolute atomic E-state index is 14.1. The Bertz CT molecular complexity index is 1780. The highest BCUT2D eigenvalue weighted by atomic mass is 32.2. The molecule has 0 fully saturated rings. The van der Waals surface area contributed by atoms with Gasteiger partial charge in [0.1, 0.15) is 11.7 Å². The highest BCUT2D eigenvalue weighted by Crippen LogP contribution is 2.26. The Morgan fingerprint density at radius 1 is 0.837 bits per heavy atom. The summed E-state index contributed by atoms with van der Waals surface area (Å²) in [6.45, 7) is 7.75. The normalized spacial score (nSPS) is 12.0. The van der Waals surface area contributed by atoms with Crippen LogP contribution in [0.15, 0.2) is 83.8 Å². The molecule has 0 saturated carbocycles. The lowest BCUT2D eigenvalue weighted by molar-refractivity contribution is -0.141. The molecule has 0 aliphatic heterocycles. The minimum Gasteiger partial charge on any atom is -0.343 e. The van der Waals surface area contributed by atoms with Crippen LogP contribution in [0.1, 0.15) is 40.9 Å². The van der Waals surface area contributed by atoms with E-state index >= 15 is 0 Å². The zero-order valence-electron chi connectivity index (χ0n) is 24.5. The zero-order chi connectivity index (χ0) is 31.3. The van der Waals surface area contributed by atoms with Gasteiger partial charge >= 0.3 is 0 Å². The number of rotatable bonds is 10. The number of carbonyl (C=O) groups excluding carboxylic acids is 3. The second-order valence-corrected chi connectivity index (χ2v) is 12.0. The molecule has 4 aromatic carbocycles. The number of hydrogen-bond donors (Lipinski definition) is 2. The first-order valence-electron chi connectivity index (χ1n) is 13.9. The Balaban J connectivity index is 1.61. The minimum atomic E-state index is -4.28. The number of nitrogens with one attached hydrogen (secondary N) is 2. The standard InChI is InChI=1S/C33H34FN3O5S/c1-5-37(6-2)33(40)28(32(39)36-43(41,42)26-16-15-24-11-7-8-12-25(24)20-26)19-23-17-21(3)30(22(4)18-23)35-31(38)27-13-9-10-14-29(27)34/h7-18,20,28H,5-6,19H2,1-4H3,(H,35,38)(H,36,39). The molecule has 0 heterocycles. The van der Waals surface area contributed by atoms with E-state index in [1.165, 1.54) is 35.2 Å². The third kappa shape index (κ3) is 7.09. The van der Waals surface area contributed by atoms with Crippen LogP contribution in [0.2, 0.25) is 0 Å². The second-order valence-electron chi connectivity index (χ2n) is 10.3. The van der Waals surface area contributed by atoms with E-state index in [1.807, 2.05) is 12.1 Å². The molecule has 0 spiro atoms. The molecule has 2 N–H and O–H groups in total. The average molecular weight is 604 g/mol. The SMILES string of the molecule is CCN(CC)C(=O)C(Cc1cc(C)c(NC(=O)c2ccccc2F)c(C)c1)C(=O)NS(=O)(=O)c1ccc2ccccc2c1. The van der Waals surface area contributed by atoms with Crippen LogP contribution in [0, 0.1) is 25.6 Å². The lowest BCUT2D eigenvalue weighted by Crippen LogP contribution is -2.46. The summed E-state index contributed by atoms with van der Waals surface area (Å²) in [5, 5.41) is 4.29. The van der Waals surface area contributed by atoms with Crippen molar-refractivity contribution in [2.75, 3.05) is 18.4 Å². The first-order valence-corrected chi connectivity index (χ1v) is 15.4. The van der Waals surface area contributed by atoms with Gasteiger partial charge in [-0.25, -0.2) is 17.5 Å². The number of hydrogen-bond acceptors (Lipinski definition) is 5. The quantitative estimate of drug-likeness (QED) is 0.237. The van der Waals surface area contributed by atoms with Crippen molar-refractivity contribution in [2.45, 2.75) is 39.0 Å². The number of anilines is 1. The summed E-state index contributed by atoms with van der Waals surface area (Å²) in [6, 6.07) is 20.9. The van der Waals surface area contributed by atoms with E-state index in [0.29, 0.717) is 40.9 Å². The van der Waals surface area contributed by atoms with Gasteiger partial charge in [0.25, 0.3) is 15.9 Å². The molecule has 1 atom stereocenters. The van der Waals surface area contributed by atoms with Crippen molar-refractivity contribution in [3.8, 4) is 0 Å². The van der Waals surface area contributed by atoms with Crippen molar-refractivity contribution in [3.05, 3.63) is 107 Å². The predicted molar refractivity (Wildman–Crippen MR) is 165 cm³/mol. The first kappa shape index (κ1) is 31.4. The van der Waals surface area contributed by atoms with E-state index in [1.54, 1.807) is 64.1 Å². The summed E-state index contributed by atoms with van der Waals surface area (Å²) in [5.41, 5.74) is 2.25. The summed E-state index contributed by atoms with van der Waals surface area (Å²) in [7, 11) is -4.28. The molecule has 4 aromatic rings. The van der Waals surface area contributed by atoms with Gasteiger partial charge in [0, 0.05) is 18.8 Å². The van der Waals surface area contributed by atoms with E-state index in [2.05, 4.69) is 10.0 Å². The third-order valence-electron chi connectivity index (χ3n) is 7.35. The summed E-state index contributed by atoms with van der Waals surface area (Å²) in [6.07, 6.45) is -0.0718. The number of halogens is 1. The number of amides is 3. The molecule has 0 aliphatic carbocycles. The molecule has 43 heavy (non-hydrogen) atoms. The summed E-state index contributed by atoms with van der Waals surface area (Å²) < 4.78 is 42.8. The maximum Gasteiger partial charge on any atom is 0.264 e. The van der Waals surface area contributed by atoms with Crippen LogP contribution < -0.4 is 10.0 Å². The van der Waals surface area contributed by atoms with Gasteiger partial charge in [0.2, 0.25) is 11.8 Å². The molecule has 0 aromatic heterocycles. The van der Waals surface area contributed by atoms with Crippen LogP contribution >= 0.6 is 0 Å². The Labute approximate surface area is 251 Å². The van der Waals surface area contributed by atoms with Crippen molar-refractivity contribution in [2.24, 2.45) is 5.92 Å². The molecule has 3 amide bonds. The summed E-state index contributed by atoms with van der Waals surface area (Å²) in [5.74, 6) is -4.01. The molecule has 4 rings (SSSR count). The van der Waals surface area contributed by atoms with Crippen molar-refractivity contribution in [1.82, 2.24) is 9.62 Å². The second kappa shape index (κ2) is 13.2. The molecule has 0 saturated heterocycles. The Morgan fingerprint density at radius 2 is 1.44 bits per heavy atom. The molecule has 1 unspecified atom stereocenters. The average Bonchev–Trinajstić information content (AvgIpc) is 2.97. The van der Waals surface area contributed by atoms with E-state index in [0.717, 1.165) is 5.39 Å². The van der Waals surface area contributed by atoms with Crippen LogP contribution in [-0.4, -0.2) is 44.1 Å². The van der Waals surface area contributed by atoms with Crippen LogP contribution in [0.25, 0.3) is 10.8 Å². The zero-order valence-corrected chi connectivity index (χ0v) is 25.3. The lowest BCUT2D eigenvalue weighted by atomic mass is 9.93. The van der Waals surface area contributed by atoms with Gasteiger partial charge in [0.15, 0.2) is 0 Å². The lowest BCUT2D eigenvalue weighted by Gasteiger charge is -2.25. The van der Waals surface area contributed by atoms with Gasteiger partial charge < -0.3 is 10.2 Å². The number of sulfonamides is 1. The maximum atomic E-state index is 14.1. The molecule has 8 nitrogen and oxygen atoms in total. The highest BCUT2D eigenvalue weighted by Gasteiger charge is 2.33. The molecule has 10 heteroatoms. The minimum absolute atomic E-state index is 0.0718. The monoisotopic (exact) mass is 603 g/mol. The fraction of sp³-hybridized carbons (Fsp3) is 0.242. The van der Waals surface area contributed by atoms with Crippen molar-refractivity contribution < 1.29 is 27.2 Å². The van der Waals surface area contributed by atoms with Gasteiger partial charge in [0.05, 0.1) is 10.5 Å². The number of carbonyl (C=O) groups is 3. The molecule has 0 radical (unpaired) electrons. The van der Waals surface area contributed by atoms with E-state index < -0.39 is 39.5 Å². The number of benzene rings is 4. The van der Waals surface area contributed by atoms with Crippen molar-refractivity contribution in [3.63, 3.8) is 0 Å². The van der Waals surface area contributed by atoms with Crippen molar-refractivity contribution in [1.29, 1.82) is 0 Å². The van der Waals surface area contributed by atoms with E-state index in [9.17, 15) is 27.2 Å². The van der Waals surface area contributed by atoms with Gasteiger partial charge in [-0.1, -0.05) is 54.6 Å². The van der Waals surface area contributed by atoms with Crippen LogP contribution in [0.4, 0.5) is 10.1 Å². The molecular formula is C33H34FN3O5S. The molecule has 0 bridgehead atoms. The third-order valence-corrected chi connectivity index (χ3v) is 8.69. The molecule has 0 aliphatic rings. The Morgan fingerprint density at radius 3 is 2.07 bits per heavy atom. The van der Waals surface area contributed by atoms with Crippen LogP contribution in [-0.2, 0) is 26.0 Å². The predicted octanol–water partition coefficient (Wildman–Crippen LogP) is 5.38. The van der Waals surface area contributed by atoms with Gasteiger partial charge in [-0.3, -0.25) is 14.4 Å². The number of aryl methyl sites for hydroxylation is 2.